The Bertz CT molecular complexity index is 409. The van der Waals surface area contributed by atoms with Crippen molar-refractivity contribution >= 4 is 17.5 Å². The lowest BCUT2D eigenvalue weighted by Gasteiger charge is -2.15. The summed E-state index contributed by atoms with van der Waals surface area (Å²) in [6, 6.07) is 7.16. The lowest BCUT2D eigenvalue weighted by Crippen LogP contribution is -2.33. The van der Waals surface area contributed by atoms with Crippen LogP contribution in [0.1, 0.15) is 39.5 Å². The Morgan fingerprint density at radius 1 is 1.35 bits per heavy atom. The van der Waals surface area contributed by atoms with Crippen LogP contribution in [0.3, 0.4) is 0 Å². The Morgan fingerprint density at radius 3 is 2.75 bits per heavy atom. The number of carbonyl (C=O) groups excluding carboxylic acids is 1. The van der Waals surface area contributed by atoms with Gasteiger partial charge >= 0.3 is 0 Å². The van der Waals surface area contributed by atoms with Crippen molar-refractivity contribution in [3.8, 4) is 5.75 Å². The van der Waals surface area contributed by atoms with Crippen molar-refractivity contribution in [3.05, 3.63) is 29.3 Å². The maximum absolute atomic E-state index is 11.7. The topological polar surface area (TPSA) is 38.3 Å². The van der Waals surface area contributed by atoms with Crippen molar-refractivity contribution in [2.75, 3.05) is 13.2 Å². The molecule has 0 radical (unpaired) electrons. The molecule has 0 spiro atoms. The Kier molecular flexibility index (Phi) is 8.12. The number of benzene rings is 1. The Morgan fingerprint density at radius 2 is 2.10 bits per heavy atom. The molecule has 0 unspecified atom stereocenters. The Hall–Kier alpha value is -1.22. The number of nitrogens with one attached hydrogen (secondary N) is 1. The van der Waals surface area contributed by atoms with E-state index in [1.165, 1.54) is 19.3 Å². The third kappa shape index (κ3) is 6.29. The minimum Gasteiger partial charge on any atom is -0.482 e. The van der Waals surface area contributed by atoms with Crippen molar-refractivity contribution in [2.45, 2.75) is 39.5 Å². The predicted molar refractivity (Wildman–Crippen MR) is 83.3 cm³/mol. The molecule has 0 heterocycles. The van der Waals surface area contributed by atoms with Gasteiger partial charge in [0.1, 0.15) is 5.75 Å². The number of hydrogen-bond acceptors (Lipinski definition) is 2. The molecule has 3 nitrogen and oxygen atoms in total. The average Bonchev–Trinajstić information content (AvgIpc) is 2.46. The quantitative estimate of drug-likeness (QED) is 0.747. The lowest BCUT2D eigenvalue weighted by atomic mass is 9.99. The zero-order valence-electron chi connectivity index (χ0n) is 12.3. The van der Waals surface area contributed by atoms with Gasteiger partial charge in [-0.3, -0.25) is 4.79 Å². The van der Waals surface area contributed by atoms with E-state index in [1.54, 1.807) is 12.1 Å². The molecule has 20 heavy (non-hydrogen) atoms. The molecule has 0 aromatic heterocycles. The zero-order valence-corrected chi connectivity index (χ0v) is 13.1. The highest BCUT2D eigenvalue weighted by atomic mass is 35.5. The fourth-order valence-electron chi connectivity index (χ4n) is 1.96. The third-order valence-electron chi connectivity index (χ3n) is 3.33. The molecule has 1 atom stereocenters. The average molecular weight is 298 g/mol. The van der Waals surface area contributed by atoms with E-state index in [-0.39, 0.29) is 12.5 Å². The molecular weight excluding hydrogens is 274 g/mol. The van der Waals surface area contributed by atoms with E-state index in [0.717, 1.165) is 13.0 Å². The summed E-state index contributed by atoms with van der Waals surface area (Å²) in [4.78, 5) is 11.7. The highest BCUT2D eigenvalue weighted by Gasteiger charge is 2.09. The SMILES string of the molecule is CCCC[C@H](CC)CNC(=O)COc1ccccc1Cl. The van der Waals surface area contributed by atoms with E-state index in [9.17, 15) is 4.79 Å². The van der Waals surface area contributed by atoms with Gasteiger partial charge < -0.3 is 10.1 Å². The van der Waals surface area contributed by atoms with Crippen LogP contribution in [0.5, 0.6) is 5.75 Å². The van der Waals surface area contributed by atoms with Gasteiger partial charge in [0.2, 0.25) is 0 Å². The number of ether oxygens (including phenoxy) is 1. The molecule has 1 rings (SSSR count). The minimum absolute atomic E-state index is 0.00788. The van der Waals surface area contributed by atoms with Crippen molar-refractivity contribution in [3.63, 3.8) is 0 Å². The van der Waals surface area contributed by atoms with Crippen LogP contribution in [0.2, 0.25) is 5.02 Å². The van der Waals surface area contributed by atoms with Gasteiger partial charge in [-0.25, -0.2) is 0 Å². The normalized spacial score (nSPS) is 11.9. The summed E-state index contributed by atoms with van der Waals surface area (Å²) in [5, 5.41) is 3.45. The number of hydrogen-bond donors (Lipinski definition) is 1. The molecular formula is C16H24ClNO2. The maximum Gasteiger partial charge on any atom is 0.257 e. The Balaban J connectivity index is 2.28. The van der Waals surface area contributed by atoms with Crippen molar-refractivity contribution in [1.29, 1.82) is 0 Å². The van der Waals surface area contributed by atoms with Gasteiger partial charge in [-0.05, 0) is 24.5 Å². The highest BCUT2D eigenvalue weighted by molar-refractivity contribution is 6.32. The first-order valence-electron chi connectivity index (χ1n) is 7.31. The van der Waals surface area contributed by atoms with Crippen LogP contribution in [-0.4, -0.2) is 19.1 Å². The summed E-state index contributed by atoms with van der Waals surface area (Å²) in [5.74, 6) is 1.00. The van der Waals surface area contributed by atoms with E-state index < -0.39 is 0 Å². The lowest BCUT2D eigenvalue weighted by molar-refractivity contribution is -0.123. The van der Waals surface area contributed by atoms with Crippen molar-refractivity contribution < 1.29 is 9.53 Å². The fourth-order valence-corrected chi connectivity index (χ4v) is 2.15. The molecule has 0 saturated carbocycles. The number of amides is 1. The Labute approximate surface area is 126 Å². The van der Waals surface area contributed by atoms with Gasteiger partial charge in [-0.1, -0.05) is 56.8 Å². The van der Waals surface area contributed by atoms with Gasteiger partial charge in [0.15, 0.2) is 6.61 Å². The molecule has 1 aromatic carbocycles. The van der Waals surface area contributed by atoms with Crippen LogP contribution in [-0.2, 0) is 4.79 Å². The van der Waals surface area contributed by atoms with E-state index >= 15 is 0 Å². The first-order chi connectivity index (χ1) is 9.67. The molecule has 1 amide bonds. The molecule has 1 aromatic rings. The van der Waals surface area contributed by atoms with Crippen LogP contribution in [0.4, 0.5) is 0 Å². The molecule has 112 valence electrons. The maximum atomic E-state index is 11.7. The zero-order chi connectivity index (χ0) is 14.8. The predicted octanol–water partition coefficient (Wildman–Crippen LogP) is 4.05. The van der Waals surface area contributed by atoms with Gasteiger partial charge in [-0.2, -0.15) is 0 Å². The number of rotatable bonds is 9. The molecule has 4 heteroatoms. The van der Waals surface area contributed by atoms with E-state index in [1.807, 2.05) is 12.1 Å². The molecule has 0 aliphatic heterocycles. The van der Waals surface area contributed by atoms with Crippen LogP contribution >= 0.6 is 11.6 Å². The van der Waals surface area contributed by atoms with Crippen LogP contribution in [0.25, 0.3) is 0 Å². The summed E-state index contributed by atoms with van der Waals surface area (Å²) < 4.78 is 5.40. The van der Waals surface area contributed by atoms with Gasteiger partial charge in [0, 0.05) is 6.54 Å². The number of carbonyl (C=O) groups is 1. The minimum atomic E-state index is -0.0973. The standard InChI is InChI=1S/C16H24ClNO2/c1-3-5-8-13(4-2)11-18-16(19)12-20-15-10-7-6-9-14(15)17/h6-7,9-10,13H,3-5,8,11-12H2,1-2H3,(H,18,19)/t13-/m0/s1. The molecule has 0 saturated heterocycles. The second-order valence-electron chi connectivity index (χ2n) is 4.94. The molecule has 0 aliphatic rings. The molecule has 1 N–H and O–H groups in total. The largest absolute Gasteiger partial charge is 0.482 e. The van der Waals surface area contributed by atoms with Gasteiger partial charge in [0.05, 0.1) is 5.02 Å². The summed E-state index contributed by atoms with van der Waals surface area (Å²) in [5.41, 5.74) is 0. The number of halogens is 1. The van der Waals surface area contributed by atoms with Crippen molar-refractivity contribution in [2.24, 2.45) is 5.92 Å². The van der Waals surface area contributed by atoms with E-state index in [2.05, 4.69) is 19.2 Å². The van der Waals surface area contributed by atoms with Gasteiger partial charge in [-0.15, -0.1) is 0 Å². The van der Waals surface area contributed by atoms with Crippen LogP contribution in [0, 0.1) is 5.92 Å². The smallest absolute Gasteiger partial charge is 0.257 e. The summed E-state index contributed by atoms with van der Waals surface area (Å²) in [6.45, 7) is 5.07. The monoisotopic (exact) mass is 297 g/mol. The van der Waals surface area contributed by atoms with Crippen LogP contribution < -0.4 is 10.1 Å². The van der Waals surface area contributed by atoms with E-state index in [0.29, 0.717) is 16.7 Å². The fraction of sp³-hybridized carbons (Fsp3) is 0.562. The first kappa shape index (κ1) is 16.8. The van der Waals surface area contributed by atoms with E-state index in [4.69, 9.17) is 16.3 Å². The summed E-state index contributed by atoms with van der Waals surface area (Å²) in [7, 11) is 0. The third-order valence-corrected chi connectivity index (χ3v) is 3.64. The summed E-state index contributed by atoms with van der Waals surface area (Å²) in [6.07, 6.45) is 4.66. The second kappa shape index (κ2) is 9.65. The molecule has 0 bridgehead atoms. The second-order valence-corrected chi connectivity index (χ2v) is 5.35. The van der Waals surface area contributed by atoms with Crippen molar-refractivity contribution in [1.82, 2.24) is 5.32 Å². The molecule has 0 aliphatic carbocycles. The van der Waals surface area contributed by atoms with Crippen LogP contribution in [0.15, 0.2) is 24.3 Å². The highest BCUT2D eigenvalue weighted by Crippen LogP contribution is 2.22. The summed E-state index contributed by atoms with van der Waals surface area (Å²) >= 11 is 5.96. The first-order valence-corrected chi connectivity index (χ1v) is 7.69. The van der Waals surface area contributed by atoms with Gasteiger partial charge in [0.25, 0.3) is 5.91 Å². The molecule has 0 fully saturated rings. The number of para-hydroxylation sites is 1. The number of unbranched alkanes of at least 4 members (excludes halogenated alkanes) is 1.